The summed E-state index contributed by atoms with van der Waals surface area (Å²) in [4.78, 5) is 26.0. The van der Waals surface area contributed by atoms with Gasteiger partial charge in [0.1, 0.15) is 11.6 Å². The average Bonchev–Trinajstić information content (AvgIpc) is 2.74. The number of anilines is 1. The first-order chi connectivity index (χ1) is 14.7. The molecule has 0 spiro atoms. The van der Waals surface area contributed by atoms with E-state index in [1.807, 2.05) is 0 Å². The van der Waals surface area contributed by atoms with E-state index in [2.05, 4.69) is 5.32 Å². The highest BCUT2D eigenvalue weighted by molar-refractivity contribution is 7.89. The fraction of sp³-hybridized carbons (Fsp3) is 0.333. The number of hydrogen-bond acceptors (Lipinski definition) is 5. The highest BCUT2D eigenvalue weighted by Gasteiger charge is 2.33. The summed E-state index contributed by atoms with van der Waals surface area (Å²) in [6, 6.07) is 8.29. The van der Waals surface area contributed by atoms with Crippen molar-refractivity contribution in [2.24, 2.45) is 0 Å². The minimum atomic E-state index is -3.82. The van der Waals surface area contributed by atoms with Gasteiger partial charge in [-0.3, -0.25) is 9.59 Å². The molecule has 2 aliphatic rings. The van der Waals surface area contributed by atoms with Gasteiger partial charge in [0.2, 0.25) is 10.0 Å². The lowest BCUT2D eigenvalue weighted by Gasteiger charge is -2.34. The lowest BCUT2D eigenvalue weighted by molar-refractivity contribution is -0.122. The number of amides is 2. The van der Waals surface area contributed by atoms with Gasteiger partial charge in [0, 0.05) is 37.8 Å². The Morgan fingerprint density at radius 3 is 2.42 bits per heavy atom. The first-order valence-corrected chi connectivity index (χ1v) is 11.3. The van der Waals surface area contributed by atoms with Crippen LogP contribution in [0.2, 0.25) is 0 Å². The minimum absolute atomic E-state index is 0.105. The predicted octanol–water partition coefficient (Wildman–Crippen LogP) is 2.00. The molecule has 10 heteroatoms. The number of carbonyl (C=O) groups is 2. The summed E-state index contributed by atoms with van der Waals surface area (Å²) in [6.07, 6.45) is -0.716. The van der Waals surface area contributed by atoms with E-state index >= 15 is 0 Å². The fourth-order valence-electron chi connectivity index (χ4n) is 3.67. The monoisotopic (exact) mass is 447 g/mol. The average molecular weight is 447 g/mol. The van der Waals surface area contributed by atoms with Crippen LogP contribution in [0, 0.1) is 12.7 Å². The van der Waals surface area contributed by atoms with Gasteiger partial charge in [-0.05, 0) is 49.7 Å². The predicted molar refractivity (Wildman–Crippen MR) is 111 cm³/mol. The molecule has 0 aromatic heterocycles. The third-order valence-electron chi connectivity index (χ3n) is 5.44. The van der Waals surface area contributed by atoms with E-state index in [0.29, 0.717) is 22.6 Å². The van der Waals surface area contributed by atoms with Crippen LogP contribution < -0.4 is 10.1 Å². The van der Waals surface area contributed by atoms with Crippen molar-refractivity contribution in [3.05, 3.63) is 53.3 Å². The van der Waals surface area contributed by atoms with Gasteiger partial charge in [-0.25, -0.2) is 12.8 Å². The van der Waals surface area contributed by atoms with Crippen LogP contribution in [-0.4, -0.2) is 61.7 Å². The molecular formula is C21H22FN3O5S. The standard InChI is InChI=1S/C21H22FN3O5S/c1-13-11-17-18(30-14(2)20(26)23-17)12-19(13)31(28,29)25-9-7-24(8-10-25)21(27)15-3-5-16(22)6-4-15/h3-6,11-12,14H,7-10H2,1-2H3,(H,23,26). The van der Waals surface area contributed by atoms with E-state index in [1.165, 1.54) is 34.6 Å². The molecule has 2 aliphatic heterocycles. The van der Waals surface area contributed by atoms with Crippen molar-refractivity contribution in [3.8, 4) is 5.75 Å². The van der Waals surface area contributed by atoms with Crippen molar-refractivity contribution in [1.29, 1.82) is 0 Å². The van der Waals surface area contributed by atoms with E-state index in [1.54, 1.807) is 24.8 Å². The number of nitrogens with zero attached hydrogens (tertiary/aromatic N) is 2. The number of hydrogen-bond donors (Lipinski definition) is 1. The Balaban J connectivity index is 1.51. The summed E-state index contributed by atoms with van der Waals surface area (Å²) in [5.41, 5.74) is 1.29. The van der Waals surface area contributed by atoms with Gasteiger partial charge in [-0.2, -0.15) is 4.31 Å². The SMILES string of the molecule is Cc1cc2c(cc1S(=O)(=O)N1CCN(C(=O)c3ccc(F)cc3)CC1)OC(C)C(=O)N2. The Labute approximate surface area is 179 Å². The lowest BCUT2D eigenvalue weighted by Crippen LogP contribution is -2.50. The maximum atomic E-state index is 13.3. The molecule has 2 amide bonds. The zero-order valence-corrected chi connectivity index (χ0v) is 17.9. The van der Waals surface area contributed by atoms with E-state index in [4.69, 9.17) is 4.74 Å². The summed E-state index contributed by atoms with van der Waals surface area (Å²) in [7, 11) is -3.82. The van der Waals surface area contributed by atoms with Gasteiger partial charge in [-0.15, -0.1) is 0 Å². The molecular weight excluding hydrogens is 425 g/mol. The highest BCUT2D eigenvalue weighted by Crippen LogP contribution is 2.35. The number of sulfonamides is 1. The summed E-state index contributed by atoms with van der Waals surface area (Å²) in [6.45, 7) is 3.97. The molecule has 2 heterocycles. The molecule has 1 atom stereocenters. The second-order valence-electron chi connectivity index (χ2n) is 7.57. The Morgan fingerprint density at radius 1 is 1.13 bits per heavy atom. The van der Waals surface area contributed by atoms with Crippen LogP contribution in [-0.2, 0) is 14.8 Å². The quantitative estimate of drug-likeness (QED) is 0.777. The van der Waals surface area contributed by atoms with Gasteiger partial charge in [0.15, 0.2) is 6.10 Å². The van der Waals surface area contributed by atoms with Crippen LogP contribution in [0.25, 0.3) is 0 Å². The largest absolute Gasteiger partial charge is 0.479 e. The zero-order valence-electron chi connectivity index (χ0n) is 17.1. The molecule has 0 bridgehead atoms. The number of aryl methyl sites for hydroxylation is 1. The second-order valence-corrected chi connectivity index (χ2v) is 9.47. The molecule has 31 heavy (non-hydrogen) atoms. The molecule has 0 radical (unpaired) electrons. The van der Waals surface area contributed by atoms with Crippen molar-refractivity contribution in [2.75, 3.05) is 31.5 Å². The van der Waals surface area contributed by atoms with E-state index in [-0.39, 0.29) is 42.9 Å². The maximum absolute atomic E-state index is 13.3. The van der Waals surface area contributed by atoms with Gasteiger partial charge in [0.05, 0.1) is 10.6 Å². The van der Waals surface area contributed by atoms with Crippen LogP contribution in [0.4, 0.5) is 10.1 Å². The van der Waals surface area contributed by atoms with E-state index < -0.39 is 21.9 Å². The smallest absolute Gasteiger partial charge is 0.265 e. The van der Waals surface area contributed by atoms with Crippen molar-refractivity contribution >= 4 is 27.5 Å². The highest BCUT2D eigenvalue weighted by atomic mass is 32.2. The van der Waals surface area contributed by atoms with Crippen LogP contribution >= 0.6 is 0 Å². The van der Waals surface area contributed by atoms with Crippen molar-refractivity contribution in [3.63, 3.8) is 0 Å². The summed E-state index contributed by atoms with van der Waals surface area (Å²) < 4.78 is 46.5. The van der Waals surface area contributed by atoms with Gasteiger partial charge >= 0.3 is 0 Å². The molecule has 1 N–H and O–H groups in total. The third-order valence-corrected chi connectivity index (χ3v) is 7.48. The number of nitrogens with one attached hydrogen (secondary N) is 1. The first-order valence-electron chi connectivity index (χ1n) is 9.84. The van der Waals surface area contributed by atoms with Crippen LogP contribution in [0.1, 0.15) is 22.8 Å². The van der Waals surface area contributed by atoms with Gasteiger partial charge in [-0.1, -0.05) is 0 Å². The zero-order chi connectivity index (χ0) is 22.3. The number of ether oxygens (including phenoxy) is 1. The lowest BCUT2D eigenvalue weighted by atomic mass is 10.1. The fourth-order valence-corrected chi connectivity index (χ4v) is 5.31. The second kappa shape index (κ2) is 7.93. The normalized spacial score (nSPS) is 19.4. The summed E-state index contributed by atoms with van der Waals surface area (Å²) in [5, 5.41) is 2.71. The summed E-state index contributed by atoms with van der Waals surface area (Å²) >= 11 is 0. The molecule has 2 aromatic rings. The molecule has 4 rings (SSSR count). The Hall–Kier alpha value is -2.98. The number of carbonyl (C=O) groups excluding carboxylic acids is 2. The summed E-state index contributed by atoms with van der Waals surface area (Å²) in [5.74, 6) is -0.670. The van der Waals surface area contributed by atoms with Crippen molar-refractivity contribution in [1.82, 2.24) is 9.21 Å². The number of halogens is 1. The topological polar surface area (TPSA) is 96.0 Å². The molecule has 164 valence electrons. The van der Waals surface area contributed by atoms with Crippen LogP contribution in [0.3, 0.4) is 0 Å². The Morgan fingerprint density at radius 2 is 1.77 bits per heavy atom. The molecule has 0 aliphatic carbocycles. The minimum Gasteiger partial charge on any atom is -0.479 e. The molecule has 1 fully saturated rings. The molecule has 1 saturated heterocycles. The van der Waals surface area contributed by atoms with Crippen molar-refractivity contribution in [2.45, 2.75) is 24.8 Å². The van der Waals surface area contributed by atoms with Crippen LogP contribution in [0.5, 0.6) is 5.75 Å². The van der Waals surface area contributed by atoms with Crippen LogP contribution in [0.15, 0.2) is 41.3 Å². The molecule has 1 unspecified atom stereocenters. The Kier molecular flexibility index (Phi) is 5.44. The number of piperazine rings is 1. The Bertz CT molecular complexity index is 1140. The first kappa shape index (κ1) is 21.3. The molecule has 0 saturated carbocycles. The van der Waals surface area contributed by atoms with Crippen molar-refractivity contribution < 1.29 is 27.1 Å². The van der Waals surface area contributed by atoms with E-state index in [0.717, 1.165) is 0 Å². The maximum Gasteiger partial charge on any atom is 0.265 e. The van der Waals surface area contributed by atoms with Gasteiger partial charge < -0.3 is 15.0 Å². The molecule has 8 nitrogen and oxygen atoms in total. The van der Waals surface area contributed by atoms with Gasteiger partial charge in [0.25, 0.3) is 11.8 Å². The number of benzene rings is 2. The number of rotatable bonds is 3. The number of fused-ring (bicyclic) bond motifs is 1. The molecule has 2 aromatic carbocycles. The third kappa shape index (κ3) is 4.00. The van der Waals surface area contributed by atoms with E-state index in [9.17, 15) is 22.4 Å².